The maximum atomic E-state index is 12.3. The number of hydrogen-bond acceptors (Lipinski definition) is 4. The van der Waals surface area contributed by atoms with E-state index < -0.39 is 11.6 Å². The van der Waals surface area contributed by atoms with Crippen LogP contribution in [0, 0.1) is 0 Å². The molecule has 1 unspecified atom stereocenters. The average molecular weight is 300 g/mol. The van der Waals surface area contributed by atoms with Gasteiger partial charge in [-0.15, -0.1) is 0 Å². The lowest BCUT2D eigenvalue weighted by atomic mass is 9.96. The number of rotatable bonds is 6. The van der Waals surface area contributed by atoms with Gasteiger partial charge < -0.3 is 14.6 Å². The third-order valence-electron chi connectivity index (χ3n) is 3.27. The van der Waals surface area contributed by atoms with Gasteiger partial charge in [-0.05, 0) is 43.7 Å². The molecule has 0 aliphatic heterocycles. The molecule has 0 spiro atoms. The van der Waals surface area contributed by atoms with Crippen LogP contribution in [0.1, 0.15) is 19.4 Å². The van der Waals surface area contributed by atoms with E-state index in [1.165, 1.54) is 12.1 Å². The van der Waals surface area contributed by atoms with Crippen LogP contribution in [0.3, 0.4) is 0 Å². The van der Waals surface area contributed by atoms with Crippen molar-refractivity contribution in [1.29, 1.82) is 0 Å². The molecule has 0 aliphatic carbocycles. The Kier molecular flexibility index (Phi) is 5.04. The molecule has 2 aromatic rings. The van der Waals surface area contributed by atoms with Crippen molar-refractivity contribution in [3.8, 4) is 11.5 Å². The largest absolute Gasteiger partial charge is 0.508 e. The number of carbonyl (C=O) groups excluding carboxylic acids is 1. The second-order valence-electron chi connectivity index (χ2n) is 5.21. The molecule has 0 saturated heterocycles. The number of aromatic hydroxyl groups is 1. The Labute approximate surface area is 130 Å². The van der Waals surface area contributed by atoms with E-state index in [1.54, 1.807) is 26.0 Å². The van der Waals surface area contributed by atoms with Gasteiger partial charge >= 0.3 is 5.97 Å². The lowest BCUT2D eigenvalue weighted by molar-refractivity contribution is -0.160. The fourth-order valence-electron chi connectivity index (χ4n) is 2.19. The number of ether oxygens (including phenoxy) is 2. The van der Waals surface area contributed by atoms with Crippen LogP contribution in [-0.4, -0.2) is 23.3 Å². The summed E-state index contributed by atoms with van der Waals surface area (Å²) in [4.78, 5) is 12.3. The van der Waals surface area contributed by atoms with Crippen LogP contribution in [0.5, 0.6) is 11.5 Å². The molecule has 0 amide bonds. The van der Waals surface area contributed by atoms with Gasteiger partial charge in [0.05, 0.1) is 6.61 Å². The highest BCUT2D eigenvalue weighted by Gasteiger charge is 2.37. The minimum absolute atomic E-state index is 0.147. The lowest BCUT2D eigenvalue weighted by Gasteiger charge is -2.28. The summed E-state index contributed by atoms with van der Waals surface area (Å²) >= 11 is 0. The third kappa shape index (κ3) is 4.01. The van der Waals surface area contributed by atoms with Crippen LogP contribution >= 0.6 is 0 Å². The normalized spacial score (nSPS) is 13.2. The van der Waals surface area contributed by atoms with Gasteiger partial charge in [0.15, 0.2) is 0 Å². The lowest BCUT2D eigenvalue weighted by Crippen LogP contribution is -2.45. The molecule has 1 N–H and O–H groups in total. The molecular weight excluding hydrogens is 280 g/mol. The molecule has 0 aromatic heterocycles. The predicted octanol–water partition coefficient (Wildman–Crippen LogP) is 3.34. The van der Waals surface area contributed by atoms with Crippen molar-refractivity contribution in [3.05, 3.63) is 60.2 Å². The molecule has 0 bridgehead atoms. The minimum Gasteiger partial charge on any atom is -0.508 e. The Balaban J connectivity index is 2.24. The molecule has 0 fully saturated rings. The summed E-state index contributed by atoms with van der Waals surface area (Å²) in [6.07, 6.45) is 0.396. The highest BCUT2D eigenvalue weighted by Crippen LogP contribution is 2.25. The van der Waals surface area contributed by atoms with Gasteiger partial charge in [-0.2, -0.15) is 0 Å². The van der Waals surface area contributed by atoms with E-state index in [-0.39, 0.29) is 5.75 Å². The first kappa shape index (κ1) is 15.9. The molecule has 0 heterocycles. The van der Waals surface area contributed by atoms with E-state index in [4.69, 9.17) is 9.47 Å². The number of benzene rings is 2. The zero-order chi connectivity index (χ0) is 16.0. The summed E-state index contributed by atoms with van der Waals surface area (Å²) in [5.74, 6) is 0.240. The molecule has 2 rings (SSSR count). The Morgan fingerprint density at radius 3 is 2.32 bits per heavy atom. The second-order valence-corrected chi connectivity index (χ2v) is 5.21. The molecule has 22 heavy (non-hydrogen) atoms. The summed E-state index contributed by atoms with van der Waals surface area (Å²) in [6, 6.07) is 15.9. The van der Waals surface area contributed by atoms with E-state index >= 15 is 0 Å². The van der Waals surface area contributed by atoms with Crippen molar-refractivity contribution in [2.75, 3.05) is 6.61 Å². The van der Waals surface area contributed by atoms with Crippen LogP contribution in [0.4, 0.5) is 0 Å². The summed E-state index contributed by atoms with van der Waals surface area (Å²) < 4.78 is 11.1. The Hall–Kier alpha value is -2.49. The molecule has 0 aliphatic rings. The first-order valence-electron chi connectivity index (χ1n) is 7.23. The number of carbonyl (C=O) groups is 1. The van der Waals surface area contributed by atoms with Crippen molar-refractivity contribution in [1.82, 2.24) is 0 Å². The molecule has 0 saturated carbocycles. The van der Waals surface area contributed by atoms with Crippen LogP contribution < -0.4 is 4.74 Å². The first-order chi connectivity index (χ1) is 10.5. The highest BCUT2D eigenvalue weighted by molar-refractivity contribution is 5.80. The average Bonchev–Trinajstić information content (AvgIpc) is 2.51. The first-order valence-corrected chi connectivity index (χ1v) is 7.23. The monoisotopic (exact) mass is 300 g/mol. The van der Waals surface area contributed by atoms with Gasteiger partial charge in [-0.25, -0.2) is 4.79 Å². The maximum Gasteiger partial charge on any atom is 0.350 e. The third-order valence-corrected chi connectivity index (χ3v) is 3.27. The Morgan fingerprint density at radius 1 is 1.09 bits per heavy atom. The van der Waals surface area contributed by atoms with Gasteiger partial charge in [-0.1, -0.05) is 30.3 Å². The standard InChI is InChI=1S/C18H20O4/c1-3-21-17(20)18(2,13-14-7-5-4-6-8-14)22-16-11-9-15(19)10-12-16/h4-12,19H,3,13H2,1-2H3. The summed E-state index contributed by atoms with van der Waals surface area (Å²) in [5, 5.41) is 9.34. The van der Waals surface area contributed by atoms with Gasteiger partial charge in [-0.3, -0.25) is 0 Å². The number of hydrogen-bond donors (Lipinski definition) is 1. The zero-order valence-electron chi connectivity index (χ0n) is 12.8. The Bertz CT molecular complexity index is 607. The van der Waals surface area contributed by atoms with Gasteiger partial charge in [0, 0.05) is 6.42 Å². The van der Waals surface area contributed by atoms with Gasteiger partial charge in [0.2, 0.25) is 5.60 Å². The molecule has 116 valence electrons. The summed E-state index contributed by atoms with van der Waals surface area (Å²) in [7, 11) is 0. The van der Waals surface area contributed by atoms with Crippen molar-refractivity contribution in [3.63, 3.8) is 0 Å². The van der Waals surface area contributed by atoms with Crippen LogP contribution in [0.15, 0.2) is 54.6 Å². The highest BCUT2D eigenvalue weighted by atomic mass is 16.6. The van der Waals surface area contributed by atoms with Crippen LogP contribution in [0.2, 0.25) is 0 Å². The van der Waals surface area contributed by atoms with Crippen molar-refractivity contribution >= 4 is 5.97 Å². The summed E-state index contributed by atoms with van der Waals surface area (Å²) in [6.45, 7) is 3.77. The maximum absolute atomic E-state index is 12.3. The molecule has 1 atom stereocenters. The van der Waals surface area contributed by atoms with Crippen LogP contribution in [0.25, 0.3) is 0 Å². The van der Waals surface area contributed by atoms with Gasteiger partial charge in [0.25, 0.3) is 0 Å². The molecule has 4 heteroatoms. The fraction of sp³-hybridized carbons (Fsp3) is 0.278. The molecule has 2 aromatic carbocycles. The number of phenolic OH excluding ortho intramolecular Hbond substituents is 1. The number of phenols is 1. The predicted molar refractivity (Wildman–Crippen MR) is 83.9 cm³/mol. The SMILES string of the molecule is CCOC(=O)C(C)(Cc1ccccc1)Oc1ccc(O)cc1. The quantitative estimate of drug-likeness (QED) is 0.831. The number of esters is 1. The van der Waals surface area contributed by atoms with Crippen molar-refractivity contribution in [2.45, 2.75) is 25.9 Å². The second kappa shape index (κ2) is 6.98. The minimum atomic E-state index is -1.13. The molecule has 4 nitrogen and oxygen atoms in total. The van der Waals surface area contributed by atoms with E-state index in [9.17, 15) is 9.90 Å². The topological polar surface area (TPSA) is 55.8 Å². The molecule has 0 radical (unpaired) electrons. The smallest absolute Gasteiger partial charge is 0.350 e. The van der Waals surface area contributed by atoms with E-state index in [0.717, 1.165) is 5.56 Å². The van der Waals surface area contributed by atoms with Crippen molar-refractivity contribution < 1.29 is 19.4 Å². The van der Waals surface area contributed by atoms with E-state index in [1.807, 2.05) is 30.3 Å². The summed E-state index contributed by atoms with van der Waals surface area (Å²) in [5.41, 5.74) is -0.147. The fourth-order valence-corrected chi connectivity index (χ4v) is 2.19. The Morgan fingerprint density at radius 2 is 1.73 bits per heavy atom. The zero-order valence-corrected chi connectivity index (χ0v) is 12.8. The van der Waals surface area contributed by atoms with Gasteiger partial charge in [0.1, 0.15) is 11.5 Å². The molecular formula is C18H20O4. The van der Waals surface area contributed by atoms with Crippen molar-refractivity contribution in [2.24, 2.45) is 0 Å². The van der Waals surface area contributed by atoms with E-state index in [0.29, 0.717) is 18.8 Å². The van der Waals surface area contributed by atoms with Crippen LogP contribution in [-0.2, 0) is 16.0 Å². The van der Waals surface area contributed by atoms with E-state index in [2.05, 4.69) is 0 Å².